The van der Waals surface area contributed by atoms with Gasteiger partial charge in [0.25, 0.3) is 5.56 Å². The molecule has 1 saturated heterocycles. The molecule has 0 radical (unpaired) electrons. The van der Waals surface area contributed by atoms with E-state index in [1.54, 1.807) is 36.9 Å². The van der Waals surface area contributed by atoms with E-state index in [2.05, 4.69) is 37.3 Å². The van der Waals surface area contributed by atoms with E-state index in [9.17, 15) is 9.90 Å². The highest BCUT2D eigenvalue weighted by Crippen LogP contribution is 2.29. The quantitative estimate of drug-likeness (QED) is 0.416. The smallest absolute Gasteiger partial charge is 0.299 e. The molecule has 1 aliphatic rings. The van der Waals surface area contributed by atoms with Crippen molar-refractivity contribution in [3.63, 3.8) is 0 Å². The van der Waals surface area contributed by atoms with Gasteiger partial charge in [-0.2, -0.15) is 0 Å². The van der Waals surface area contributed by atoms with Crippen molar-refractivity contribution in [3.8, 4) is 5.69 Å². The number of para-hydroxylation sites is 1. The van der Waals surface area contributed by atoms with Crippen LogP contribution in [0.1, 0.15) is 26.3 Å². The van der Waals surface area contributed by atoms with Gasteiger partial charge in [0.05, 0.1) is 23.2 Å². The molecule has 192 valence electrons. The molecule has 0 amide bonds. The molecule has 0 spiro atoms. The van der Waals surface area contributed by atoms with Crippen molar-refractivity contribution in [2.75, 3.05) is 43.4 Å². The minimum atomic E-state index is -1.12. The molecule has 37 heavy (non-hydrogen) atoms. The van der Waals surface area contributed by atoms with Crippen LogP contribution < -0.4 is 15.8 Å². The number of nitrogens with one attached hydrogen (secondary N) is 1. The standard InChI is InChI=1S/C27H32N8O2/c1-5-12-34-26(36)25-22(35(34)21-9-7-6-8-20(21)27(2,3)37)17-24(30-31-25)29-23-11-10-19(18-28-23)33-15-13-32(4)14-16-33/h5-12,17-18,37H,13-16H2,1-4H3,(H,28,29,30). The fourth-order valence-corrected chi connectivity index (χ4v) is 4.61. The molecule has 10 heteroatoms. The highest BCUT2D eigenvalue weighted by molar-refractivity contribution is 5.80. The van der Waals surface area contributed by atoms with Crippen LogP contribution >= 0.6 is 0 Å². The Balaban J connectivity index is 1.53. The summed E-state index contributed by atoms with van der Waals surface area (Å²) >= 11 is 0. The second-order valence-corrected chi connectivity index (χ2v) is 9.80. The summed E-state index contributed by atoms with van der Waals surface area (Å²) in [6.07, 6.45) is 5.32. The SMILES string of the molecule is CC=Cn1c(=O)c2nnc(Nc3ccc(N4CCN(C)CC4)cn3)cc2n1-c1ccccc1C(C)(C)O. The molecule has 1 aliphatic heterocycles. The molecule has 0 aliphatic carbocycles. The first-order valence-electron chi connectivity index (χ1n) is 12.4. The molecular formula is C27H32N8O2. The number of nitrogens with zero attached hydrogens (tertiary/aromatic N) is 7. The summed E-state index contributed by atoms with van der Waals surface area (Å²) in [5.74, 6) is 1.09. The summed E-state index contributed by atoms with van der Waals surface area (Å²) in [6.45, 7) is 9.29. The van der Waals surface area contributed by atoms with E-state index in [1.807, 2.05) is 49.5 Å². The maximum atomic E-state index is 13.2. The number of likely N-dealkylation sites (N-methyl/N-ethyl adjacent to an activating group) is 1. The Morgan fingerprint density at radius 1 is 1.03 bits per heavy atom. The Bertz CT molecular complexity index is 1490. The number of pyridine rings is 1. The van der Waals surface area contributed by atoms with Gasteiger partial charge in [-0.15, -0.1) is 10.2 Å². The Morgan fingerprint density at radius 2 is 1.78 bits per heavy atom. The summed E-state index contributed by atoms with van der Waals surface area (Å²) in [4.78, 5) is 22.5. The maximum Gasteiger partial charge on any atom is 0.299 e. The fourth-order valence-electron chi connectivity index (χ4n) is 4.61. The van der Waals surface area contributed by atoms with Gasteiger partial charge in [0.1, 0.15) is 11.3 Å². The van der Waals surface area contributed by atoms with Gasteiger partial charge < -0.3 is 20.2 Å². The minimum Gasteiger partial charge on any atom is -0.386 e. The summed E-state index contributed by atoms with van der Waals surface area (Å²) in [5, 5.41) is 22.5. The predicted octanol–water partition coefficient (Wildman–Crippen LogP) is 3.19. The highest BCUT2D eigenvalue weighted by atomic mass is 16.3. The van der Waals surface area contributed by atoms with Gasteiger partial charge in [-0.25, -0.2) is 14.3 Å². The molecule has 3 aromatic heterocycles. The van der Waals surface area contributed by atoms with Crippen molar-refractivity contribution in [2.24, 2.45) is 0 Å². The first-order chi connectivity index (χ1) is 17.8. The second-order valence-electron chi connectivity index (χ2n) is 9.80. The summed E-state index contributed by atoms with van der Waals surface area (Å²) in [6, 6.07) is 13.2. The van der Waals surface area contributed by atoms with Crippen LogP contribution in [0, 0.1) is 0 Å². The van der Waals surface area contributed by atoms with E-state index in [0.29, 0.717) is 28.4 Å². The molecule has 0 saturated carbocycles. The van der Waals surface area contributed by atoms with Crippen LogP contribution in [0.15, 0.2) is 59.5 Å². The number of benzene rings is 1. The molecular weight excluding hydrogens is 468 g/mol. The summed E-state index contributed by atoms with van der Waals surface area (Å²) in [7, 11) is 2.13. The number of hydrogen-bond acceptors (Lipinski definition) is 8. The number of fused-ring (bicyclic) bond motifs is 1. The number of anilines is 3. The topological polar surface area (TPSA) is 104 Å². The number of aliphatic hydroxyl groups is 1. The number of rotatable bonds is 6. The third-order valence-electron chi connectivity index (χ3n) is 6.58. The molecule has 1 aromatic carbocycles. The molecule has 0 unspecified atom stereocenters. The Morgan fingerprint density at radius 3 is 2.46 bits per heavy atom. The molecule has 1 fully saturated rings. The Labute approximate surface area is 215 Å². The van der Waals surface area contributed by atoms with E-state index in [-0.39, 0.29) is 11.1 Å². The number of allylic oxidation sites excluding steroid dienone is 1. The van der Waals surface area contributed by atoms with E-state index in [1.165, 1.54) is 4.68 Å². The van der Waals surface area contributed by atoms with E-state index >= 15 is 0 Å². The van der Waals surface area contributed by atoms with Gasteiger partial charge in [-0.05, 0) is 46.0 Å². The van der Waals surface area contributed by atoms with Crippen LogP contribution in [0.4, 0.5) is 17.3 Å². The number of aromatic nitrogens is 5. The van der Waals surface area contributed by atoms with Crippen molar-refractivity contribution >= 4 is 34.6 Å². The zero-order valence-corrected chi connectivity index (χ0v) is 21.6. The highest BCUT2D eigenvalue weighted by Gasteiger charge is 2.24. The van der Waals surface area contributed by atoms with Crippen molar-refractivity contribution in [1.82, 2.24) is 29.4 Å². The Kier molecular flexibility index (Phi) is 6.53. The Hall–Kier alpha value is -4.02. The first-order valence-corrected chi connectivity index (χ1v) is 12.4. The normalized spacial score (nSPS) is 15.1. The van der Waals surface area contributed by atoms with Crippen molar-refractivity contribution in [2.45, 2.75) is 26.4 Å². The minimum absolute atomic E-state index is 0.229. The third kappa shape index (κ3) is 4.85. The van der Waals surface area contributed by atoms with Crippen LogP contribution in [-0.4, -0.2) is 67.8 Å². The van der Waals surface area contributed by atoms with Crippen molar-refractivity contribution < 1.29 is 5.11 Å². The zero-order chi connectivity index (χ0) is 26.2. The predicted molar refractivity (Wildman–Crippen MR) is 147 cm³/mol. The lowest BCUT2D eigenvalue weighted by atomic mass is 9.96. The van der Waals surface area contributed by atoms with Gasteiger partial charge in [0.15, 0.2) is 11.3 Å². The second kappa shape index (κ2) is 9.79. The largest absolute Gasteiger partial charge is 0.386 e. The molecule has 4 heterocycles. The number of hydrogen-bond donors (Lipinski definition) is 2. The lowest BCUT2D eigenvalue weighted by Crippen LogP contribution is -2.44. The molecule has 5 rings (SSSR count). The van der Waals surface area contributed by atoms with E-state index in [4.69, 9.17) is 0 Å². The van der Waals surface area contributed by atoms with Crippen LogP contribution in [0.5, 0.6) is 0 Å². The van der Waals surface area contributed by atoms with Crippen LogP contribution in [0.2, 0.25) is 0 Å². The van der Waals surface area contributed by atoms with Crippen LogP contribution in [0.25, 0.3) is 22.9 Å². The van der Waals surface area contributed by atoms with Crippen molar-refractivity contribution in [1.29, 1.82) is 0 Å². The molecule has 0 bridgehead atoms. The zero-order valence-electron chi connectivity index (χ0n) is 21.6. The fraction of sp³-hybridized carbons (Fsp3) is 0.333. The monoisotopic (exact) mass is 500 g/mol. The van der Waals surface area contributed by atoms with Crippen LogP contribution in [0.3, 0.4) is 0 Å². The van der Waals surface area contributed by atoms with Gasteiger partial charge in [-0.1, -0.05) is 24.3 Å². The van der Waals surface area contributed by atoms with Gasteiger partial charge >= 0.3 is 0 Å². The third-order valence-corrected chi connectivity index (χ3v) is 6.58. The lowest BCUT2D eigenvalue weighted by molar-refractivity contribution is 0.0784. The molecule has 10 nitrogen and oxygen atoms in total. The average molecular weight is 501 g/mol. The van der Waals surface area contributed by atoms with E-state index < -0.39 is 5.60 Å². The van der Waals surface area contributed by atoms with Crippen molar-refractivity contribution in [3.05, 3.63) is 70.7 Å². The van der Waals surface area contributed by atoms with Gasteiger partial charge in [-0.3, -0.25) is 4.79 Å². The molecule has 0 atom stereocenters. The number of piperazine rings is 1. The molecule has 2 N–H and O–H groups in total. The van der Waals surface area contributed by atoms with Gasteiger partial charge in [0.2, 0.25) is 0 Å². The molecule has 4 aromatic rings. The van der Waals surface area contributed by atoms with E-state index in [0.717, 1.165) is 31.9 Å². The summed E-state index contributed by atoms with van der Waals surface area (Å²) in [5.41, 5.74) is 1.81. The summed E-state index contributed by atoms with van der Waals surface area (Å²) < 4.78 is 3.24. The van der Waals surface area contributed by atoms with Crippen LogP contribution in [-0.2, 0) is 5.60 Å². The first kappa shape index (κ1) is 24.7. The maximum absolute atomic E-state index is 13.2. The lowest BCUT2D eigenvalue weighted by Gasteiger charge is -2.33. The average Bonchev–Trinajstić information content (AvgIpc) is 3.15. The van der Waals surface area contributed by atoms with Gasteiger partial charge in [0, 0.05) is 44.0 Å².